The van der Waals surface area contributed by atoms with E-state index < -0.39 is 9.84 Å². The molecule has 7 nitrogen and oxygen atoms in total. The predicted molar refractivity (Wildman–Crippen MR) is 79.6 cm³/mol. The molecule has 1 saturated heterocycles. The quantitative estimate of drug-likeness (QED) is 0.886. The third kappa shape index (κ3) is 4.20. The Morgan fingerprint density at radius 3 is 2.90 bits per heavy atom. The fourth-order valence-electron chi connectivity index (χ4n) is 2.32. The number of carbonyl (C=O) groups excluding carboxylic acids is 1. The van der Waals surface area contributed by atoms with Gasteiger partial charge in [-0.05, 0) is 20.3 Å². The summed E-state index contributed by atoms with van der Waals surface area (Å²) in [6.45, 7) is 5.32. The van der Waals surface area contributed by atoms with Crippen LogP contribution in [-0.4, -0.2) is 53.2 Å². The van der Waals surface area contributed by atoms with Gasteiger partial charge < -0.3 is 10.2 Å². The van der Waals surface area contributed by atoms with Crippen LogP contribution in [0, 0.1) is 0 Å². The van der Waals surface area contributed by atoms with Crippen molar-refractivity contribution in [2.75, 3.05) is 18.1 Å². The summed E-state index contributed by atoms with van der Waals surface area (Å²) in [5, 5.41) is 6.98. The number of nitrogens with zero attached hydrogens (tertiary/aromatic N) is 3. The van der Waals surface area contributed by atoms with Gasteiger partial charge in [0.15, 0.2) is 9.84 Å². The lowest BCUT2D eigenvalue weighted by atomic mass is 10.2. The second-order valence-corrected chi connectivity index (χ2v) is 7.65. The summed E-state index contributed by atoms with van der Waals surface area (Å²) in [7, 11) is -3.02. The van der Waals surface area contributed by atoms with Crippen LogP contribution in [0.4, 0.5) is 4.79 Å². The maximum absolute atomic E-state index is 12.2. The largest absolute Gasteiger partial charge is 0.334 e. The molecule has 1 atom stereocenters. The molecule has 2 heterocycles. The van der Waals surface area contributed by atoms with E-state index in [1.165, 1.54) is 0 Å². The molecule has 0 bridgehead atoms. The zero-order valence-electron chi connectivity index (χ0n) is 12.4. The number of carbonyl (C=O) groups is 1. The Morgan fingerprint density at radius 2 is 2.24 bits per heavy atom. The molecule has 21 heavy (non-hydrogen) atoms. The molecule has 0 spiro atoms. The second kappa shape index (κ2) is 6.46. The molecule has 118 valence electrons. The van der Waals surface area contributed by atoms with E-state index in [-0.39, 0.29) is 30.1 Å². The Morgan fingerprint density at radius 1 is 1.48 bits per heavy atom. The van der Waals surface area contributed by atoms with Crippen molar-refractivity contribution in [1.29, 1.82) is 0 Å². The third-order valence-corrected chi connectivity index (χ3v) is 5.40. The Hall–Kier alpha value is -1.57. The average molecular weight is 314 g/mol. The van der Waals surface area contributed by atoms with Crippen molar-refractivity contribution < 1.29 is 13.2 Å². The van der Waals surface area contributed by atoms with Gasteiger partial charge in [0.05, 0.1) is 17.7 Å². The molecule has 1 aromatic rings. The first-order valence-corrected chi connectivity index (χ1v) is 8.99. The molecule has 1 N–H and O–H groups in total. The van der Waals surface area contributed by atoms with Gasteiger partial charge >= 0.3 is 6.03 Å². The number of nitrogens with one attached hydrogen (secondary N) is 1. The fourth-order valence-corrected chi connectivity index (χ4v) is 3.70. The maximum atomic E-state index is 12.2. The van der Waals surface area contributed by atoms with E-state index in [9.17, 15) is 13.2 Å². The summed E-state index contributed by atoms with van der Waals surface area (Å²) in [5.74, 6) is 0.194. The first-order valence-electron chi connectivity index (χ1n) is 7.17. The van der Waals surface area contributed by atoms with Gasteiger partial charge in [-0.2, -0.15) is 5.10 Å². The normalized spacial score (nSPS) is 21.8. The standard InChI is InChI=1S/C13H22N4O3S/c1-3-16-10-12(9-15-16)8-14-13(18)17-5-7-21(19,20)6-4-11(17)2/h9-11H,3-8H2,1-2H3,(H,14,18). The number of sulfone groups is 1. The van der Waals surface area contributed by atoms with E-state index in [0.29, 0.717) is 13.0 Å². The predicted octanol–water partition coefficient (Wildman–Crippen LogP) is 0.622. The summed E-state index contributed by atoms with van der Waals surface area (Å²) < 4.78 is 25.1. The lowest BCUT2D eigenvalue weighted by Gasteiger charge is -2.26. The number of urea groups is 1. The molecule has 0 saturated carbocycles. The van der Waals surface area contributed by atoms with Crippen molar-refractivity contribution in [2.45, 2.75) is 39.4 Å². The van der Waals surface area contributed by atoms with E-state index in [0.717, 1.165) is 12.1 Å². The van der Waals surface area contributed by atoms with Crippen molar-refractivity contribution >= 4 is 15.9 Å². The van der Waals surface area contributed by atoms with Crippen LogP contribution in [0.15, 0.2) is 12.4 Å². The molecule has 0 radical (unpaired) electrons. The van der Waals surface area contributed by atoms with Gasteiger partial charge in [-0.25, -0.2) is 13.2 Å². The Labute approximate surface area is 125 Å². The van der Waals surface area contributed by atoms with E-state index in [1.807, 2.05) is 20.0 Å². The first-order chi connectivity index (χ1) is 9.91. The van der Waals surface area contributed by atoms with Crippen LogP contribution >= 0.6 is 0 Å². The van der Waals surface area contributed by atoms with Crippen molar-refractivity contribution in [3.8, 4) is 0 Å². The highest BCUT2D eigenvalue weighted by Crippen LogP contribution is 2.12. The van der Waals surface area contributed by atoms with Crippen molar-refractivity contribution in [3.63, 3.8) is 0 Å². The minimum atomic E-state index is -3.02. The summed E-state index contributed by atoms with van der Waals surface area (Å²) in [5.41, 5.74) is 0.931. The van der Waals surface area contributed by atoms with Crippen molar-refractivity contribution in [2.24, 2.45) is 0 Å². The Bertz CT molecular complexity index is 596. The molecule has 1 aliphatic heterocycles. The first kappa shape index (κ1) is 15.8. The number of hydrogen-bond acceptors (Lipinski definition) is 4. The van der Waals surface area contributed by atoms with E-state index in [4.69, 9.17) is 0 Å². The van der Waals surface area contributed by atoms with Crippen LogP contribution in [0.1, 0.15) is 25.8 Å². The smallest absolute Gasteiger partial charge is 0.317 e. The Kier molecular flexibility index (Phi) is 4.87. The molecule has 1 aliphatic rings. The van der Waals surface area contributed by atoms with Crippen LogP contribution in [0.5, 0.6) is 0 Å². The molecule has 1 fully saturated rings. The molecular formula is C13H22N4O3S. The van der Waals surface area contributed by atoms with Crippen LogP contribution < -0.4 is 5.32 Å². The molecular weight excluding hydrogens is 292 g/mol. The highest BCUT2D eigenvalue weighted by Gasteiger charge is 2.27. The minimum absolute atomic E-state index is 0.0402. The van der Waals surface area contributed by atoms with Gasteiger partial charge in [0.1, 0.15) is 0 Å². The van der Waals surface area contributed by atoms with Crippen molar-refractivity contribution in [1.82, 2.24) is 20.0 Å². The number of amides is 2. The van der Waals surface area contributed by atoms with Crippen LogP contribution in [0.3, 0.4) is 0 Å². The van der Waals surface area contributed by atoms with Gasteiger partial charge in [-0.3, -0.25) is 4.68 Å². The number of aromatic nitrogens is 2. The lowest BCUT2D eigenvalue weighted by Crippen LogP contribution is -2.45. The molecule has 1 unspecified atom stereocenters. The third-order valence-electron chi connectivity index (χ3n) is 3.74. The van der Waals surface area contributed by atoms with Crippen molar-refractivity contribution in [3.05, 3.63) is 18.0 Å². The fraction of sp³-hybridized carbons (Fsp3) is 0.692. The Balaban J connectivity index is 1.92. The van der Waals surface area contributed by atoms with Crippen LogP contribution in [0.2, 0.25) is 0 Å². The zero-order valence-corrected chi connectivity index (χ0v) is 13.3. The maximum Gasteiger partial charge on any atom is 0.317 e. The summed E-state index contributed by atoms with van der Waals surface area (Å²) >= 11 is 0. The van der Waals surface area contributed by atoms with Gasteiger partial charge in [0.25, 0.3) is 0 Å². The van der Waals surface area contributed by atoms with Gasteiger partial charge in [0, 0.05) is 37.4 Å². The monoisotopic (exact) mass is 314 g/mol. The molecule has 8 heteroatoms. The van der Waals surface area contributed by atoms with Gasteiger partial charge in [-0.15, -0.1) is 0 Å². The molecule has 2 amide bonds. The zero-order chi connectivity index (χ0) is 15.5. The number of aryl methyl sites for hydroxylation is 1. The minimum Gasteiger partial charge on any atom is -0.334 e. The SMILES string of the molecule is CCn1cc(CNC(=O)N2CCS(=O)(=O)CCC2C)cn1. The number of rotatable bonds is 3. The summed E-state index contributed by atoms with van der Waals surface area (Å²) in [6.07, 6.45) is 4.10. The average Bonchev–Trinajstić information content (AvgIpc) is 2.85. The molecule has 1 aromatic heterocycles. The van der Waals surface area contributed by atoms with Crippen LogP contribution in [0.25, 0.3) is 0 Å². The van der Waals surface area contributed by atoms with Gasteiger partial charge in [-0.1, -0.05) is 0 Å². The molecule has 2 rings (SSSR count). The lowest BCUT2D eigenvalue weighted by molar-refractivity contribution is 0.182. The summed E-state index contributed by atoms with van der Waals surface area (Å²) in [4.78, 5) is 13.8. The molecule has 0 aliphatic carbocycles. The van der Waals surface area contributed by atoms with Crippen LogP contribution in [-0.2, 0) is 22.9 Å². The van der Waals surface area contributed by atoms with E-state index in [1.54, 1.807) is 15.8 Å². The van der Waals surface area contributed by atoms with Gasteiger partial charge in [0.2, 0.25) is 0 Å². The highest BCUT2D eigenvalue weighted by molar-refractivity contribution is 7.91. The molecule has 0 aromatic carbocycles. The second-order valence-electron chi connectivity index (χ2n) is 5.35. The topological polar surface area (TPSA) is 84.3 Å². The van der Waals surface area contributed by atoms with E-state index in [2.05, 4.69) is 10.4 Å². The highest BCUT2D eigenvalue weighted by atomic mass is 32.2. The van der Waals surface area contributed by atoms with E-state index >= 15 is 0 Å². The summed E-state index contributed by atoms with van der Waals surface area (Å²) in [6, 6.07) is -0.288. The number of hydrogen-bond donors (Lipinski definition) is 1.